The van der Waals surface area contributed by atoms with Gasteiger partial charge in [-0.05, 0) is 36.8 Å². The Bertz CT molecular complexity index is 776. The van der Waals surface area contributed by atoms with Gasteiger partial charge in [-0.25, -0.2) is 12.8 Å². The minimum atomic E-state index is -3.98. The summed E-state index contributed by atoms with van der Waals surface area (Å²) in [5.74, 6) is -0.561. The number of nitrogens with two attached hydrogens (primary N) is 1. The van der Waals surface area contributed by atoms with Crippen molar-refractivity contribution in [2.75, 3.05) is 17.6 Å². The second-order valence-electron chi connectivity index (χ2n) is 4.50. The van der Waals surface area contributed by atoms with Crippen LogP contribution in [0.5, 0.6) is 5.75 Å². The van der Waals surface area contributed by atoms with Gasteiger partial charge >= 0.3 is 0 Å². The maximum atomic E-state index is 13.7. The normalized spacial score (nSPS) is 11.2. The fraction of sp³-hybridized carbons (Fsp3) is 0.143. The van der Waals surface area contributed by atoms with E-state index in [9.17, 15) is 12.8 Å². The Hall–Kier alpha value is -2.28. The summed E-state index contributed by atoms with van der Waals surface area (Å²) in [6, 6.07) is 8.30. The maximum Gasteiger partial charge on any atom is 0.265 e. The summed E-state index contributed by atoms with van der Waals surface area (Å²) in [6.07, 6.45) is 0. The predicted molar refractivity (Wildman–Crippen MR) is 79.4 cm³/mol. The number of rotatable bonds is 4. The van der Waals surface area contributed by atoms with Crippen LogP contribution in [0.3, 0.4) is 0 Å². The summed E-state index contributed by atoms with van der Waals surface area (Å²) in [5, 5.41) is 0. The van der Waals surface area contributed by atoms with Crippen LogP contribution in [0.15, 0.2) is 41.3 Å². The SMILES string of the molecule is COc1cc(N)ccc1S(=O)(=O)Nc1cc(C)ccc1F. The molecule has 0 atom stereocenters. The summed E-state index contributed by atoms with van der Waals surface area (Å²) in [4.78, 5) is -0.111. The van der Waals surface area contributed by atoms with E-state index in [1.54, 1.807) is 13.0 Å². The third-order valence-corrected chi connectivity index (χ3v) is 4.25. The molecule has 0 saturated heterocycles. The Morgan fingerprint density at radius 1 is 1.19 bits per heavy atom. The summed E-state index contributed by atoms with van der Waals surface area (Å²) < 4.78 is 45.6. The number of methoxy groups -OCH3 is 1. The van der Waals surface area contributed by atoms with Crippen LogP contribution in [0.1, 0.15) is 5.56 Å². The van der Waals surface area contributed by atoms with E-state index in [0.29, 0.717) is 5.69 Å². The first-order valence-corrected chi connectivity index (χ1v) is 7.54. The quantitative estimate of drug-likeness (QED) is 0.850. The molecule has 0 radical (unpaired) electrons. The Balaban J connectivity index is 2.46. The standard InChI is InChI=1S/C14H15FN2O3S/c1-9-3-5-11(15)12(7-9)17-21(18,19)14-6-4-10(16)8-13(14)20-2/h3-8,17H,16H2,1-2H3. The molecule has 112 valence electrons. The molecule has 2 rings (SSSR count). The van der Waals surface area contributed by atoms with E-state index in [1.165, 1.54) is 37.4 Å². The number of anilines is 2. The number of sulfonamides is 1. The molecule has 5 nitrogen and oxygen atoms in total. The molecular weight excluding hydrogens is 295 g/mol. The van der Waals surface area contributed by atoms with Crippen molar-refractivity contribution in [1.82, 2.24) is 0 Å². The molecule has 0 aliphatic carbocycles. The highest BCUT2D eigenvalue weighted by molar-refractivity contribution is 7.92. The van der Waals surface area contributed by atoms with Gasteiger partial charge in [0.05, 0.1) is 12.8 Å². The minimum Gasteiger partial charge on any atom is -0.495 e. The first-order valence-electron chi connectivity index (χ1n) is 6.06. The van der Waals surface area contributed by atoms with Gasteiger partial charge in [-0.3, -0.25) is 4.72 Å². The third kappa shape index (κ3) is 3.25. The van der Waals surface area contributed by atoms with E-state index < -0.39 is 15.8 Å². The Labute approximate surface area is 122 Å². The molecular formula is C14H15FN2O3S. The molecule has 0 bridgehead atoms. The van der Waals surface area contributed by atoms with Crippen molar-refractivity contribution in [2.24, 2.45) is 0 Å². The van der Waals surface area contributed by atoms with Crippen LogP contribution in [0, 0.1) is 12.7 Å². The molecule has 0 unspecified atom stereocenters. The Morgan fingerprint density at radius 3 is 2.57 bits per heavy atom. The van der Waals surface area contributed by atoms with E-state index in [2.05, 4.69) is 4.72 Å². The number of ether oxygens (including phenoxy) is 1. The summed E-state index contributed by atoms with van der Waals surface area (Å²) >= 11 is 0. The highest BCUT2D eigenvalue weighted by Gasteiger charge is 2.21. The lowest BCUT2D eigenvalue weighted by atomic mass is 10.2. The highest BCUT2D eigenvalue weighted by Crippen LogP contribution is 2.28. The molecule has 2 aromatic rings. The zero-order valence-corrected chi connectivity index (χ0v) is 12.4. The average Bonchev–Trinajstić information content (AvgIpc) is 2.42. The number of nitrogens with one attached hydrogen (secondary N) is 1. The zero-order valence-electron chi connectivity index (χ0n) is 11.6. The molecule has 0 aliphatic rings. The smallest absolute Gasteiger partial charge is 0.265 e. The lowest BCUT2D eigenvalue weighted by Gasteiger charge is -2.13. The first kappa shape index (κ1) is 15.1. The number of hydrogen-bond acceptors (Lipinski definition) is 4. The lowest BCUT2D eigenvalue weighted by molar-refractivity contribution is 0.403. The fourth-order valence-corrected chi connectivity index (χ4v) is 3.03. The highest BCUT2D eigenvalue weighted by atomic mass is 32.2. The lowest BCUT2D eigenvalue weighted by Crippen LogP contribution is -2.15. The van der Waals surface area contributed by atoms with Crippen LogP contribution in [0.2, 0.25) is 0 Å². The third-order valence-electron chi connectivity index (χ3n) is 2.84. The molecule has 0 amide bonds. The van der Waals surface area contributed by atoms with Crippen molar-refractivity contribution in [3.8, 4) is 5.75 Å². The van der Waals surface area contributed by atoms with Crippen LogP contribution >= 0.6 is 0 Å². The molecule has 7 heteroatoms. The molecule has 0 spiro atoms. The van der Waals surface area contributed by atoms with E-state index >= 15 is 0 Å². The second kappa shape index (κ2) is 5.61. The predicted octanol–water partition coefficient (Wildman–Crippen LogP) is 2.53. The van der Waals surface area contributed by atoms with Crippen molar-refractivity contribution in [1.29, 1.82) is 0 Å². The molecule has 0 saturated carbocycles. The first-order chi connectivity index (χ1) is 9.83. The van der Waals surface area contributed by atoms with Crippen LogP contribution in [-0.2, 0) is 10.0 Å². The van der Waals surface area contributed by atoms with E-state index in [1.807, 2.05) is 0 Å². The zero-order chi connectivity index (χ0) is 15.6. The monoisotopic (exact) mass is 310 g/mol. The van der Waals surface area contributed by atoms with Crippen molar-refractivity contribution in [3.63, 3.8) is 0 Å². The summed E-state index contributed by atoms with van der Waals surface area (Å²) in [6.45, 7) is 1.74. The van der Waals surface area contributed by atoms with Crippen molar-refractivity contribution < 1.29 is 17.5 Å². The molecule has 0 fully saturated rings. The molecule has 21 heavy (non-hydrogen) atoms. The topological polar surface area (TPSA) is 81.4 Å². The van der Waals surface area contributed by atoms with Gasteiger partial charge in [0.1, 0.15) is 16.5 Å². The van der Waals surface area contributed by atoms with Crippen molar-refractivity contribution in [2.45, 2.75) is 11.8 Å². The Kier molecular flexibility index (Phi) is 4.04. The Morgan fingerprint density at radius 2 is 1.90 bits per heavy atom. The van der Waals surface area contributed by atoms with Gasteiger partial charge in [0.15, 0.2) is 0 Å². The van der Waals surface area contributed by atoms with Gasteiger partial charge in [0, 0.05) is 11.8 Å². The maximum absolute atomic E-state index is 13.7. The average molecular weight is 310 g/mol. The van der Waals surface area contributed by atoms with Crippen LogP contribution in [-0.4, -0.2) is 15.5 Å². The number of benzene rings is 2. The molecule has 0 aliphatic heterocycles. The van der Waals surface area contributed by atoms with Crippen molar-refractivity contribution in [3.05, 3.63) is 47.8 Å². The molecule has 3 N–H and O–H groups in total. The van der Waals surface area contributed by atoms with Crippen LogP contribution in [0.4, 0.5) is 15.8 Å². The number of halogens is 1. The molecule has 2 aromatic carbocycles. The minimum absolute atomic E-state index is 0.0931. The van der Waals surface area contributed by atoms with Crippen LogP contribution < -0.4 is 15.2 Å². The number of aryl methyl sites for hydroxylation is 1. The summed E-state index contributed by atoms with van der Waals surface area (Å²) in [7, 11) is -2.65. The number of nitrogen functional groups attached to an aromatic ring is 1. The largest absolute Gasteiger partial charge is 0.495 e. The van der Waals surface area contributed by atoms with Gasteiger partial charge in [-0.1, -0.05) is 6.07 Å². The van der Waals surface area contributed by atoms with E-state index in [4.69, 9.17) is 10.5 Å². The fourth-order valence-electron chi connectivity index (χ4n) is 1.82. The van der Waals surface area contributed by atoms with E-state index in [-0.39, 0.29) is 16.3 Å². The van der Waals surface area contributed by atoms with Gasteiger partial charge in [0.25, 0.3) is 10.0 Å². The molecule has 0 aromatic heterocycles. The van der Waals surface area contributed by atoms with Gasteiger partial charge in [-0.2, -0.15) is 0 Å². The number of hydrogen-bond donors (Lipinski definition) is 2. The summed E-state index contributed by atoms with van der Waals surface area (Å²) in [5.41, 5.74) is 6.57. The van der Waals surface area contributed by atoms with Gasteiger partial charge in [0.2, 0.25) is 0 Å². The van der Waals surface area contributed by atoms with Crippen molar-refractivity contribution >= 4 is 21.4 Å². The van der Waals surface area contributed by atoms with Crippen LogP contribution in [0.25, 0.3) is 0 Å². The van der Waals surface area contributed by atoms with Gasteiger partial charge in [-0.15, -0.1) is 0 Å². The second-order valence-corrected chi connectivity index (χ2v) is 6.15. The van der Waals surface area contributed by atoms with Gasteiger partial charge < -0.3 is 10.5 Å². The molecule has 0 heterocycles. The van der Waals surface area contributed by atoms with E-state index in [0.717, 1.165) is 5.56 Å².